The highest BCUT2D eigenvalue weighted by atomic mass is 16.5. The van der Waals surface area contributed by atoms with Crippen LogP contribution >= 0.6 is 0 Å². The zero-order valence-electron chi connectivity index (χ0n) is 10.9. The first kappa shape index (κ1) is 13.9. The first-order valence-corrected chi connectivity index (χ1v) is 6.06. The van der Waals surface area contributed by atoms with Gasteiger partial charge in [-0.1, -0.05) is 6.92 Å². The van der Waals surface area contributed by atoms with Gasteiger partial charge < -0.3 is 14.8 Å². The molecule has 0 spiro atoms. The number of hydrogen-bond donors (Lipinski definition) is 1. The molecule has 1 atom stereocenters. The molecule has 4 nitrogen and oxygen atoms in total. The van der Waals surface area contributed by atoms with E-state index in [9.17, 15) is 0 Å². The number of nitrogens with one attached hydrogen (secondary N) is 1. The van der Waals surface area contributed by atoms with Crippen LogP contribution in [0.4, 0.5) is 0 Å². The van der Waals surface area contributed by atoms with Crippen molar-refractivity contribution in [3.05, 3.63) is 24.0 Å². The van der Waals surface area contributed by atoms with Crippen LogP contribution in [-0.4, -0.2) is 32.4 Å². The summed E-state index contributed by atoms with van der Waals surface area (Å²) in [6, 6.07) is 4.29. The number of pyridine rings is 1. The molecule has 1 rings (SSSR count). The summed E-state index contributed by atoms with van der Waals surface area (Å²) in [5.41, 5.74) is 1.05. The van der Waals surface area contributed by atoms with Gasteiger partial charge in [-0.25, -0.2) is 0 Å². The van der Waals surface area contributed by atoms with E-state index in [2.05, 4.69) is 17.2 Å². The maximum Gasteiger partial charge on any atom is 0.137 e. The van der Waals surface area contributed by atoms with Gasteiger partial charge in [-0.2, -0.15) is 0 Å². The first-order chi connectivity index (χ1) is 8.31. The van der Waals surface area contributed by atoms with E-state index in [1.165, 1.54) is 0 Å². The molecule has 0 bridgehead atoms. The van der Waals surface area contributed by atoms with Gasteiger partial charge in [0, 0.05) is 26.2 Å². The van der Waals surface area contributed by atoms with Crippen LogP contribution in [0.3, 0.4) is 0 Å². The van der Waals surface area contributed by atoms with E-state index < -0.39 is 0 Å². The van der Waals surface area contributed by atoms with Gasteiger partial charge in [0.2, 0.25) is 0 Å². The maximum absolute atomic E-state index is 5.55. The summed E-state index contributed by atoms with van der Waals surface area (Å²) in [4.78, 5) is 4.40. The summed E-state index contributed by atoms with van der Waals surface area (Å²) in [5.74, 6) is 0.816. The van der Waals surface area contributed by atoms with Gasteiger partial charge in [0.05, 0.1) is 18.5 Å². The van der Waals surface area contributed by atoms with Crippen molar-refractivity contribution in [1.29, 1.82) is 0 Å². The van der Waals surface area contributed by atoms with E-state index >= 15 is 0 Å². The Morgan fingerprint density at radius 1 is 1.35 bits per heavy atom. The second-order valence-electron chi connectivity index (χ2n) is 3.86. The topological polar surface area (TPSA) is 43.4 Å². The number of hydrogen-bond acceptors (Lipinski definition) is 4. The van der Waals surface area contributed by atoms with Crippen molar-refractivity contribution < 1.29 is 9.47 Å². The summed E-state index contributed by atoms with van der Waals surface area (Å²) in [7, 11) is 3.64. The smallest absolute Gasteiger partial charge is 0.137 e. The molecule has 0 aliphatic carbocycles. The molecule has 1 N–H and O–H groups in total. The second kappa shape index (κ2) is 8.03. The van der Waals surface area contributed by atoms with Crippen molar-refractivity contribution in [2.75, 3.05) is 27.4 Å². The third-order valence-electron chi connectivity index (χ3n) is 2.63. The zero-order valence-corrected chi connectivity index (χ0v) is 10.9. The van der Waals surface area contributed by atoms with Crippen LogP contribution in [-0.2, 0) is 4.74 Å². The Bertz CT molecular complexity index is 297. The second-order valence-corrected chi connectivity index (χ2v) is 3.86. The molecule has 1 unspecified atom stereocenters. The lowest BCUT2D eigenvalue weighted by atomic mass is 10.1. The highest BCUT2D eigenvalue weighted by Gasteiger charge is 2.07. The lowest BCUT2D eigenvalue weighted by Gasteiger charge is -2.13. The highest BCUT2D eigenvalue weighted by Crippen LogP contribution is 2.16. The number of aromatic nitrogens is 1. The van der Waals surface area contributed by atoms with Gasteiger partial charge in [-0.3, -0.25) is 4.98 Å². The fraction of sp³-hybridized carbons (Fsp3) is 0.615. The Morgan fingerprint density at radius 2 is 2.18 bits per heavy atom. The minimum Gasteiger partial charge on any atom is -0.492 e. The summed E-state index contributed by atoms with van der Waals surface area (Å²) in [6.07, 6.45) is 3.70. The van der Waals surface area contributed by atoms with Crippen molar-refractivity contribution in [3.63, 3.8) is 0 Å². The molecule has 4 heteroatoms. The van der Waals surface area contributed by atoms with Gasteiger partial charge in [0.25, 0.3) is 0 Å². The normalized spacial score (nSPS) is 12.4. The lowest BCUT2D eigenvalue weighted by Crippen LogP contribution is -2.16. The highest BCUT2D eigenvalue weighted by molar-refractivity contribution is 5.21. The van der Waals surface area contributed by atoms with E-state index in [-0.39, 0.29) is 0 Å². The zero-order chi connectivity index (χ0) is 12.5. The molecule has 96 valence electrons. The molecular weight excluding hydrogens is 216 g/mol. The monoisotopic (exact) mass is 238 g/mol. The number of nitrogens with zero attached hydrogens (tertiary/aromatic N) is 1. The first-order valence-electron chi connectivity index (χ1n) is 6.06. The predicted octanol–water partition coefficient (Wildman–Crippen LogP) is 2.17. The molecule has 0 aromatic carbocycles. The molecule has 1 aromatic heterocycles. The molecule has 0 fully saturated rings. The molecule has 0 aliphatic rings. The Kier molecular flexibility index (Phi) is 6.58. The quantitative estimate of drug-likeness (QED) is 0.705. The molecular formula is C13H22N2O2. The minimum absolute atomic E-state index is 0.317. The van der Waals surface area contributed by atoms with Crippen molar-refractivity contribution in [2.24, 2.45) is 0 Å². The Labute approximate surface area is 103 Å². The lowest BCUT2D eigenvalue weighted by molar-refractivity contribution is 0.172. The number of methoxy groups -OCH3 is 1. The molecule has 0 aliphatic heterocycles. The summed E-state index contributed by atoms with van der Waals surface area (Å²) < 4.78 is 10.5. The number of ether oxygens (including phenoxy) is 2. The van der Waals surface area contributed by atoms with Gasteiger partial charge in [0.15, 0.2) is 0 Å². The van der Waals surface area contributed by atoms with Gasteiger partial charge in [0.1, 0.15) is 5.75 Å². The average molecular weight is 238 g/mol. The van der Waals surface area contributed by atoms with Crippen LogP contribution in [0.1, 0.15) is 31.5 Å². The molecule has 17 heavy (non-hydrogen) atoms. The minimum atomic E-state index is 0.317. The molecule has 0 saturated heterocycles. The van der Waals surface area contributed by atoms with E-state index in [0.717, 1.165) is 30.9 Å². The third-order valence-corrected chi connectivity index (χ3v) is 2.63. The fourth-order valence-electron chi connectivity index (χ4n) is 1.64. The summed E-state index contributed by atoms with van der Waals surface area (Å²) in [6.45, 7) is 3.53. The van der Waals surface area contributed by atoms with Crippen molar-refractivity contribution in [3.8, 4) is 5.75 Å². The number of rotatable bonds is 8. The van der Waals surface area contributed by atoms with Crippen LogP contribution in [0.2, 0.25) is 0 Å². The average Bonchev–Trinajstić information content (AvgIpc) is 2.38. The van der Waals surface area contributed by atoms with Crippen molar-refractivity contribution in [1.82, 2.24) is 10.3 Å². The Hall–Kier alpha value is -1.13. The van der Waals surface area contributed by atoms with E-state index in [1.54, 1.807) is 13.3 Å². The standard InChI is InChI=1S/C13H22N2O2/c1-4-12(14-2)13-7-6-11(10-15-13)17-9-5-8-16-3/h6-7,10,12,14H,4-5,8-9H2,1-3H3. The third kappa shape index (κ3) is 4.71. The Balaban J connectivity index is 2.44. The molecule has 1 aromatic rings. The van der Waals surface area contributed by atoms with E-state index in [1.807, 2.05) is 19.2 Å². The van der Waals surface area contributed by atoms with Gasteiger partial charge in [-0.05, 0) is 25.6 Å². The largest absolute Gasteiger partial charge is 0.492 e. The fourth-order valence-corrected chi connectivity index (χ4v) is 1.64. The molecule has 0 amide bonds. The van der Waals surface area contributed by atoms with Crippen LogP contribution in [0.15, 0.2) is 18.3 Å². The predicted molar refractivity (Wildman–Crippen MR) is 68.3 cm³/mol. The van der Waals surface area contributed by atoms with Gasteiger partial charge >= 0.3 is 0 Å². The SMILES string of the molecule is CCC(NC)c1ccc(OCCCOC)cn1. The summed E-state index contributed by atoms with van der Waals surface area (Å²) >= 11 is 0. The van der Waals surface area contributed by atoms with Gasteiger partial charge in [-0.15, -0.1) is 0 Å². The maximum atomic E-state index is 5.55. The molecule has 1 heterocycles. The van der Waals surface area contributed by atoms with Crippen molar-refractivity contribution in [2.45, 2.75) is 25.8 Å². The van der Waals surface area contributed by atoms with Crippen LogP contribution < -0.4 is 10.1 Å². The van der Waals surface area contributed by atoms with Crippen LogP contribution in [0, 0.1) is 0 Å². The van der Waals surface area contributed by atoms with Crippen LogP contribution in [0.25, 0.3) is 0 Å². The van der Waals surface area contributed by atoms with E-state index in [4.69, 9.17) is 9.47 Å². The Morgan fingerprint density at radius 3 is 2.71 bits per heavy atom. The van der Waals surface area contributed by atoms with Crippen molar-refractivity contribution >= 4 is 0 Å². The molecule has 0 saturated carbocycles. The van der Waals surface area contributed by atoms with E-state index in [0.29, 0.717) is 12.6 Å². The van der Waals surface area contributed by atoms with Crippen LogP contribution in [0.5, 0.6) is 5.75 Å². The molecule has 0 radical (unpaired) electrons. The summed E-state index contributed by atoms with van der Waals surface area (Å²) in [5, 5.41) is 3.23.